The highest BCUT2D eigenvalue weighted by Gasteiger charge is 2.46. The first kappa shape index (κ1) is 32.4. The number of hydrogen-bond donors (Lipinski definition) is 2. The third-order valence-corrected chi connectivity index (χ3v) is 12.9. The molecule has 1 aliphatic rings. The summed E-state index contributed by atoms with van der Waals surface area (Å²) in [6, 6.07) is 9.36. The van der Waals surface area contributed by atoms with Gasteiger partial charge in [-0.3, -0.25) is 14.5 Å². The van der Waals surface area contributed by atoms with E-state index in [0.29, 0.717) is 22.6 Å². The quantitative estimate of drug-likeness (QED) is 0.261. The van der Waals surface area contributed by atoms with Gasteiger partial charge in [0.25, 0.3) is 5.92 Å². The number of nitrogens with zero attached hydrogens (tertiary/aromatic N) is 2. The number of aromatic amines is 1. The van der Waals surface area contributed by atoms with Crippen molar-refractivity contribution in [1.82, 2.24) is 14.9 Å². The summed E-state index contributed by atoms with van der Waals surface area (Å²) in [5.41, 5.74) is 0.517. The lowest BCUT2D eigenvalue weighted by Gasteiger charge is -2.40. The highest BCUT2D eigenvalue weighted by Crippen LogP contribution is 2.41. The van der Waals surface area contributed by atoms with E-state index >= 15 is 0 Å². The van der Waals surface area contributed by atoms with Crippen molar-refractivity contribution in [1.29, 1.82) is 0 Å². The Hall–Kier alpha value is -3.48. The van der Waals surface area contributed by atoms with Gasteiger partial charge in [-0.05, 0) is 61.0 Å². The van der Waals surface area contributed by atoms with Gasteiger partial charge in [0, 0.05) is 37.3 Å². The summed E-state index contributed by atoms with van der Waals surface area (Å²) in [5, 5.41) is 2.73. The van der Waals surface area contributed by atoms with E-state index in [1.54, 1.807) is 30.0 Å². The molecule has 1 aromatic carbocycles. The molecular weight excluding hydrogens is 577 g/mol. The Morgan fingerprint density at radius 3 is 2.58 bits per heavy atom. The number of halogens is 3. The third kappa shape index (κ3) is 7.92. The van der Waals surface area contributed by atoms with Crippen LogP contribution in [0.15, 0.2) is 59.7 Å². The number of anilines is 1. The van der Waals surface area contributed by atoms with E-state index in [9.17, 15) is 22.8 Å². The summed E-state index contributed by atoms with van der Waals surface area (Å²) in [6.07, 6.45) is 2.33. The second kappa shape index (κ2) is 12.6. The lowest BCUT2D eigenvalue weighted by molar-refractivity contribution is -0.125. The van der Waals surface area contributed by atoms with Crippen molar-refractivity contribution in [3.8, 4) is 11.5 Å². The number of rotatable bonds is 9. The molecule has 0 spiro atoms. The van der Waals surface area contributed by atoms with Gasteiger partial charge in [-0.25, -0.2) is 18.2 Å². The third-order valence-electron chi connectivity index (χ3n) is 8.43. The molecule has 0 saturated carbocycles. The molecule has 8 nitrogen and oxygen atoms in total. The Bertz CT molecular complexity index is 1470. The number of ether oxygens (including phenoxy) is 1. The molecule has 0 radical (unpaired) electrons. The largest absolute Gasteiger partial charge is 0.455 e. The second-order valence-electron chi connectivity index (χ2n) is 12.5. The van der Waals surface area contributed by atoms with Crippen LogP contribution in [0, 0.1) is 5.82 Å². The standard InChI is InChI=1S/C31H39F3N4O4Si/c1-20(38-14-13-31(33,34)25(18-38)21-7-12-28(39)36-16-21)29(40)37-27-11-9-24(17-35-27)42-26-10-8-23(32)15-22(26)19-41-43(5,6)30(2,3)4/h7-12,15-17,20,25H,13-14,18-19H2,1-6H3,(H,36,39)(H,35,37,40)/t20-,25+/m0/s1. The maximum absolute atomic E-state index is 14.8. The van der Waals surface area contributed by atoms with Crippen molar-refractivity contribution in [2.45, 2.75) is 76.7 Å². The second-order valence-corrected chi connectivity index (χ2v) is 17.3. The van der Waals surface area contributed by atoms with Crippen LogP contribution in [0.4, 0.5) is 19.0 Å². The van der Waals surface area contributed by atoms with Gasteiger partial charge in [0.15, 0.2) is 8.32 Å². The Balaban J connectivity index is 1.39. The molecule has 2 atom stereocenters. The van der Waals surface area contributed by atoms with Gasteiger partial charge in [0.2, 0.25) is 11.5 Å². The first-order valence-corrected chi connectivity index (χ1v) is 17.1. The normalized spacial score (nSPS) is 18.2. The van der Waals surface area contributed by atoms with Crippen LogP contribution in [0.1, 0.15) is 51.2 Å². The number of hydrogen-bond acceptors (Lipinski definition) is 6. The lowest BCUT2D eigenvalue weighted by atomic mass is 9.87. The molecule has 1 aliphatic heterocycles. The smallest absolute Gasteiger partial charge is 0.257 e. The Kier molecular flexibility index (Phi) is 9.53. The lowest BCUT2D eigenvalue weighted by Crippen LogP contribution is -2.52. The number of H-pyrrole nitrogens is 1. The van der Waals surface area contributed by atoms with Gasteiger partial charge in [-0.15, -0.1) is 0 Å². The molecule has 1 amide bonds. The number of benzene rings is 1. The first-order valence-electron chi connectivity index (χ1n) is 14.2. The van der Waals surface area contributed by atoms with Crippen LogP contribution >= 0.6 is 0 Å². The van der Waals surface area contributed by atoms with Crippen LogP contribution in [0.25, 0.3) is 0 Å². The molecule has 12 heteroatoms. The van der Waals surface area contributed by atoms with Gasteiger partial charge < -0.3 is 19.5 Å². The number of pyridine rings is 2. The van der Waals surface area contributed by atoms with Crippen molar-refractivity contribution >= 4 is 20.0 Å². The highest BCUT2D eigenvalue weighted by atomic mass is 28.4. The molecule has 2 N–H and O–H groups in total. The summed E-state index contributed by atoms with van der Waals surface area (Å²) in [6.45, 7) is 12.5. The molecule has 4 rings (SSSR count). The molecule has 0 bridgehead atoms. The van der Waals surface area contributed by atoms with Crippen LogP contribution in [-0.2, 0) is 15.8 Å². The molecule has 0 unspecified atom stereocenters. The average Bonchev–Trinajstić information content (AvgIpc) is 2.93. The van der Waals surface area contributed by atoms with Crippen LogP contribution in [0.2, 0.25) is 18.1 Å². The molecule has 3 aromatic rings. The van der Waals surface area contributed by atoms with E-state index in [1.165, 1.54) is 36.7 Å². The van der Waals surface area contributed by atoms with Crippen molar-refractivity contribution in [3.05, 3.63) is 82.2 Å². The molecule has 43 heavy (non-hydrogen) atoms. The topological polar surface area (TPSA) is 96.6 Å². The zero-order valence-corrected chi connectivity index (χ0v) is 26.3. The number of piperidine rings is 1. The van der Waals surface area contributed by atoms with Crippen LogP contribution < -0.4 is 15.6 Å². The van der Waals surface area contributed by atoms with Crippen LogP contribution in [-0.4, -0.2) is 54.1 Å². The molecule has 0 aliphatic carbocycles. The fraction of sp³-hybridized carbons (Fsp3) is 0.452. The van der Waals surface area contributed by atoms with E-state index in [4.69, 9.17) is 9.16 Å². The first-order chi connectivity index (χ1) is 20.1. The summed E-state index contributed by atoms with van der Waals surface area (Å²) in [4.78, 5) is 32.8. The van der Waals surface area contributed by atoms with Gasteiger partial charge >= 0.3 is 0 Å². The summed E-state index contributed by atoms with van der Waals surface area (Å²) < 4.78 is 55.8. The molecule has 2 aromatic heterocycles. The van der Waals surface area contributed by atoms with E-state index in [0.717, 1.165) is 0 Å². The number of likely N-dealkylation sites (tertiary alicyclic amines) is 1. The zero-order chi connectivity index (χ0) is 31.6. The number of amides is 1. The minimum Gasteiger partial charge on any atom is -0.455 e. The summed E-state index contributed by atoms with van der Waals surface area (Å²) in [7, 11) is -2.08. The van der Waals surface area contributed by atoms with Crippen molar-refractivity contribution in [3.63, 3.8) is 0 Å². The maximum Gasteiger partial charge on any atom is 0.257 e. The zero-order valence-electron chi connectivity index (χ0n) is 25.3. The van der Waals surface area contributed by atoms with E-state index < -0.39 is 44.3 Å². The average molecular weight is 617 g/mol. The fourth-order valence-corrected chi connectivity index (χ4v) is 5.49. The van der Waals surface area contributed by atoms with Crippen LogP contribution in [0.3, 0.4) is 0 Å². The molecule has 3 heterocycles. The Morgan fingerprint density at radius 2 is 1.95 bits per heavy atom. The Labute approximate surface area is 250 Å². The fourth-order valence-electron chi connectivity index (χ4n) is 4.54. The number of nitrogens with one attached hydrogen (secondary N) is 2. The molecular formula is C31H39F3N4O4Si. The summed E-state index contributed by atoms with van der Waals surface area (Å²) >= 11 is 0. The van der Waals surface area contributed by atoms with Gasteiger partial charge in [-0.1, -0.05) is 26.8 Å². The highest BCUT2D eigenvalue weighted by molar-refractivity contribution is 6.74. The predicted molar refractivity (Wildman–Crippen MR) is 162 cm³/mol. The maximum atomic E-state index is 14.8. The van der Waals surface area contributed by atoms with Crippen molar-refractivity contribution in [2.24, 2.45) is 0 Å². The van der Waals surface area contributed by atoms with E-state index in [1.807, 2.05) is 0 Å². The van der Waals surface area contributed by atoms with Gasteiger partial charge in [0.1, 0.15) is 23.1 Å². The molecule has 232 valence electrons. The minimum absolute atomic E-state index is 0.00671. The summed E-state index contributed by atoms with van der Waals surface area (Å²) in [5.74, 6) is -3.83. The van der Waals surface area contributed by atoms with Gasteiger partial charge in [-0.2, -0.15) is 0 Å². The van der Waals surface area contributed by atoms with Crippen molar-refractivity contribution < 1.29 is 27.1 Å². The molecule has 1 saturated heterocycles. The number of aromatic nitrogens is 2. The molecule has 1 fully saturated rings. The number of carbonyl (C=O) groups excluding carboxylic acids is 1. The number of alkyl halides is 2. The minimum atomic E-state index is -2.97. The monoisotopic (exact) mass is 616 g/mol. The Morgan fingerprint density at radius 1 is 1.21 bits per heavy atom. The van der Waals surface area contributed by atoms with E-state index in [-0.39, 0.29) is 36.1 Å². The van der Waals surface area contributed by atoms with E-state index in [2.05, 4.69) is 49.1 Å². The van der Waals surface area contributed by atoms with Crippen LogP contribution in [0.5, 0.6) is 11.5 Å². The number of carbonyl (C=O) groups is 1. The van der Waals surface area contributed by atoms with Gasteiger partial charge in [0.05, 0.1) is 24.8 Å². The van der Waals surface area contributed by atoms with Crippen molar-refractivity contribution in [2.75, 3.05) is 18.4 Å². The SMILES string of the molecule is C[C@@H](C(=O)Nc1ccc(Oc2ccc(F)cc2CO[Si](C)(C)C(C)(C)C)cn1)N1CCC(F)(F)[C@@H](c2ccc(=O)[nH]c2)C1. The predicted octanol–water partition coefficient (Wildman–Crippen LogP) is 6.67.